The van der Waals surface area contributed by atoms with Gasteiger partial charge in [-0.15, -0.1) is 0 Å². The Kier molecular flexibility index (Phi) is 40.9. The lowest BCUT2D eigenvalue weighted by Gasteiger charge is -2.05. The van der Waals surface area contributed by atoms with Crippen LogP contribution in [-0.4, -0.2) is 10.7 Å². The molecular formula is C38H76Br2. The predicted molar refractivity (Wildman–Crippen MR) is 194 cm³/mol. The molecule has 0 radical (unpaired) electrons. The zero-order valence-electron chi connectivity index (χ0n) is 27.6. The maximum absolute atomic E-state index is 3.52. The number of rotatable bonds is 37. The summed E-state index contributed by atoms with van der Waals surface area (Å²) >= 11 is 7.05. The SMILES string of the molecule is BrCCCCCCCCCCCCCCCCCCCCCCCCCCCCCCCCCCCCCCBr. The number of halogens is 2. The van der Waals surface area contributed by atoms with Gasteiger partial charge in [0.05, 0.1) is 0 Å². The Labute approximate surface area is 272 Å². The van der Waals surface area contributed by atoms with E-state index < -0.39 is 0 Å². The molecule has 0 aliphatic carbocycles. The Morgan fingerprint density at radius 2 is 0.200 bits per heavy atom. The van der Waals surface area contributed by atoms with Gasteiger partial charge in [0, 0.05) is 10.7 Å². The summed E-state index contributed by atoms with van der Waals surface area (Å²) in [5, 5.41) is 2.37. The molecule has 0 heterocycles. The zero-order chi connectivity index (χ0) is 28.9. The summed E-state index contributed by atoms with van der Waals surface area (Å²) in [7, 11) is 0. The predicted octanol–water partition coefficient (Wildman–Crippen LogP) is 15.8. The van der Waals surface area contributed by atoms with E-state index in [1.807, 2.05) is 0 Å². The highest BCUT2D eigenvalue weighted by Crippen LogP contribution is 2.17. The third-order valence-corrected chi connectivity index (χ3v) is 10.1. The molecule has 0 saturated heterocycles. The summed E-state index contributed by atoms with van der Waals surface area (Å²) in [6.45, 7) is 0. The smallest absolute Gasteiger partial charge is 0.00313 e. The third-order valence-electron chi connectivity index (χ3n) is 9.02. The molecule has 0 spiro atoms. The van der Waals surface area contributed by atoms with Gasteiger partial charge in [0.2, 0.25) is 0 Å². The van der Waals surface area contributed by atoms with Crippen molar-refractivity contribution in [1.29, 1.82) is 0 Å². The van der Waals surface area contributed by atoms with Gasteiger partial charge in [0.1, 0.15) is 0 Å². The minimum Gasteiger partial charge on any atom is -0.0928 e. The second-order valence-corrected chi connectivity index (χ2v) is 14.7. The Morgan fingerprint density at radius 3 is 0.275 bits per heavy atom. The quantitative estimate of drug-likeness (QED) is 0.0449. The molecule has 0 aromatic rings. The van der Waals surface area contributed by atoms with Crippen molar-refractivity contribution in [3.05, 3.63) is 0 Å². The topological polar surface area (TPSA) is 0 Å². The number of hydrogen-bond acceptors (Lipinski definition) is 0. The molecule has 0 rings (SSSR count). The molecular weight excluding hydrogens is 616 g/mol. The molecule has 0 unspecified atom stereocenters. The molecule has 0 saturated carbocycles. The molecule has 2 heteroatoms. The molecule has 0 amide bonds. The lowest BCUT2D eigenvalue weighted by Crippen LogP contribution is -1.85. The summed E-state index contributed by atoms with van der Waals surface area (Å²) in [6.07, 6.45) is 53.1. The zero-order valence-corrected chi connectivity index (χ0v) is 30.8. The first-order chi connectivity index (χ1) is 19.9. The van der Waals surface area contributed by atoms with Gasteiger partial charge in [-0.2, -0.15) is 0 Å². The van der Waals surface area contributed by atoms with Crippen LogP contribution in [0.15, 0.2) is 0 Å². The fourth-order valence-corrected chi connectivity index (χ4v) is 6.99. The molecule has 0 aliphatic heterocycles. The molecule has 0 fully saturated rings. The van der Waals surface area contributed by atoms with Crippen LogP contribution in [0.2, 0.25) is 0 Å². The van der Waals surface area contributed by atoms with Gasteiger partial charge in [0.15, 0.2) is 0 Å². The normalized spacial score (nSPS) is 11.6. The van der Waals surface area contributed by atoms with Crippen molar-refractivity contribution in [2.75, 3.05) is 10.7 Å². The summed E-state index contributed by atoms with van der Waals surface area (Å²) < 4.78 is 0. The van der Waals surface area contributed by atoms with Crippen molar-refractivity contribution in [3.63, 3.8) is 0 Å². The Morgan fingerprint density at radius 1 is 0.125 bits per heavy atom. The van der Waals surface area contributed by atoms with E-state index in [1.54, 1.807) is 0 Å². The molecule has 0 aliphatic rings. The van der Waals surface area contributed by atoms with Crippen molar-refractivity contribution in [3.8, 4) is 0 Å². The summed E-state index contributed by atoms with van der Waals surface area (Å²) in [5.74, 6) is 0. The van der Waals surface area contributed by atoms with E-state index >= 15 is 0 Å². The highest BCUT2D eigenvalue weighted by atomic mass is 79.9. The second-order valence-electron chi connectivity index (χ2n) is 13.1. The van der Waals surface area contributed by atoms with Crippen molar-refractivity contribution >= 4 is 31.9 Å². The van der Waals surface area contributed by atoms with Crippen LogP contribution in [0.3, 0.4) is 0 Å². The van der Waals surface area contributed by atoms with Crippen LogP contribution in [0, 0.1) is 0 Å². The van der Waals surface area contributed by atoms with Crippen LogP contribution in [0.25, 0.3) is 0 Å². The first-order valence-electron chi connectivity index (χ1n) is 19.0. The van der Waals surface area contributed by atoms with Gasteiger partial charge in [-0.3, -0.25) is 0 Å². The molecule has 0 atom stereocenters. The second kappa shape index (κ2) is 40.0. The molecule has 0 aromatic carbocycles. The average Bonchev–Trinajstić information content (AvgIpc) is 2.97. The van der Waals surface area contributed by atoms with Crippen molar-refractivity contribution in [2.45, 2.75) is 231 Å². The summed E-state index contributed by atoms with van der Waals surface area (Å²) in [4.78, 5) is 0. The van der Waals surface area contributed by atoms with E-state index in [2.05, 4.69) is 31.9 Å². The summed E-state index contributed by atoms with van der Waals surface area (Å²) in [6, 6.07) is 0. The average molecular weight is 693 g/mol. The Hall–Kier alpha value is 0.960. The van der Waals surface area contributed by atoms with E-state index in [0.29, 0.717) is 0 Å². The van der Waals surface area contributed by atoms with Crippen LogP contribution in [0.1, 0.15) is 231 Å². The maximum atomic E-state index is 3.52. The fraction of sp³-hybridized carbons (Fsp3) is 1.00. The number of alkyl halides is 2. The van der Waals surface area contributed by atoms with E-state index in [0.717, 1.165) is 0 Å². The molecule has 0 N–H and O–H groups in total. The monoisotopic (exact) mass is 690 g/mol. The maximum Gasteiger partial charge on any atom is 0.00313 e. The standard InChI is InChI=1S/C38H76Br2/c39-37-35-33-31-29-27-25-23-21-19-17-15-13-11-9-7-5-3-1-2-4-6-8-10-12-14-16-18-20-22-24-26-28-30-32-34-36-38-40/h1-38H2. The van der Waals surface area contributed by atoms with Crippen molar-refractivity contribution in [2.24, 2.45) is 0 Å². The van der Waals surface area contributed by atoms with Crippen LogP contribution in [0.5, 0.6) is 0 Å². The fourth-order valence-electron chi connectivity index (χ4n) is 6.20. The van der Waals surface area contributed by atoms with Gasteiger partial charge in [-0.1, -0.05) is 250 Å². The van der Waals surface area contributed by atoms with Crippen molar-refractivity contribution < 1.29 is 0 Å². The van der Waals surface area contributed by atoms with Gasteiger partial charge < -0.3 is 0 Å². The lowest BCUT2D eigenvalue weighted by molar-refractivity contribution is 0.511. The Bertz CT molecular complexity index is 372. The van der Waals surface area contributed by atoms with Gasteiger partial charge in [0.25, 0.3) is 0 Å². The largest absolute Gasteiger partial charge is 0.0928 e. The van der Waals surface area contributed by atoms with E-state index in [4.69, 9.17) is 0 Å². The Balaban J connectivity index is 3.01. The van der Waals surface area contributed by atoms with Gasteiger partial charge in [-0.05, 0) is 12.8 Å². The third kappa shape index (κ3) is 39.0. The lowest BCUT2D eigenvalue weighted by atomic mass is 10.0. The van der Waals surface area contributed by atoms with Gasteiger partial charge >= 0.3 is 0 Å². The highest BCUT2D eigenvalue weighted by Gasteiger charge is 1.97. The molecule has 0 bridgehead atoms. The van der Waals surface area contributed by atoms with E-state index in [9.17, 15) is 0 Å². The molecule has 0 nitrogen and oxygen atoms in total. The first kappa shape index (κ1) is 41.0. The van der Waals surface area contributed by atoms with Crippen LogP contribution in [-0.2, 0) is 0 Å². The number of unbranched alkanes of at least 4 members (excludes halogenated alkanes) is 35. The minimum absolute atomic E-state index is 1.19. The first-order valence-corrected chi connectivity index (χ1v) is 21.3. The van der Waals surface area contributed by atoms with Crippen LogP contribution < -0.4 is 0 Å². The highest BCUT2D eigenvalue weighted by molar-refractivity contribution is 9.09. The van der Waals surface area contributed by atoms with Crippen LogP contribution in [0.4, 0.5) is 0 Å². The molecule has 40 heavy (non-hydrogen) atoms. The van der Waals surface area contributed by atoms with E-state index in [1.165, 1.54) is 242 Å². The van der Waals surface area contributed by atoms with Crippen LogP contribution >= 0.6 is 31.9 Å². The van der Waals surface area contributed by atoms with Crippen molar-refractivity contribution in [1.82, 2.24) is 0 Å². The minimum atomic E-state index is 1.19. The molecule has 0 aromatic heterocycles. The van der Waals surface area contributed by atoms with E-state index in [-0.39, 0.29) is 0 Å². The molecule has 242 valence electrons. The number of hydrogen-bond donors (Lipinski definition) is 0. The summed E-state index contributed by atoms with van der Waals surface area (Å²) in [5.41, 5.74) is 0. The van der Waals surface area contributed by atoms with Gasteiger partial charge in [-0.25, -0.2) is 0 Å².